The van der Waals surface area contributed by atoms with E-state index in [9.17, 15) is 4.79 Å². The van der Waals surface area contributed by atoms with E-state index < -0.39 is 5.97 Å². The van der Waals surface area contributed by atoms with Gasteiger partial charge in [-0.2, -0.15) is 0 Å². The van der Waals surface area contributed by atoms with Crippen molar-refractivity contribution in [3.63, 3.8) is 0 Å². The Balaban J connectivity index is 2.14. The Morgan fingerprint density at radius 1 is 1.18 bits per heavy atom. The van der Waals surface area contributed by atoms with E-state index in [0.29, 0.717) is 5.76 Å². The lowest BCUT2D eigenvalue weighted by atomic mass is 10.0. The van der Waals surface area contributed by atoms with Crippen LogP contribution in [0.4, 0.5) is 0 Å². The zero-order chi connectivity index (χ0) is 20.7. The van der Waals surface area contributed by atoms with Crippen molar-refractivity contribution < 1.29 is 19.0 Å². The molecule has 2 aromatic rings. The molecule has 28 heavy (non-hydrogen) atoms. The Morgan fingerprint density at radius 2 is 1.93 bits per heavy atom. The van der Waals surface area contributed by atoms with Gasteiger partial charge in [0.25, 0.3) is 0 Å². The minimum atomic E-state index is -0.468. The van der Waals surface area contributed by atoms with Gasteiger partial charge in [0.1, 0.15) is 21.5 Å². The van der Waals surface area contributed by atoms with Crippen LogP contribution in [-0.4, -0.2) is 43.4 Å². The topological polar surface area (TPSA) is 70.5 Å². The van der Waals surface area contributed by atoms with Gasteiger partial charge < -0.3 is 14.2 Å². The van der Waals surface area contributed by atoms with Crippen LogP contribution in [0.5, 0.6) is 0 Å². The molecule has 150 valence electrons. The molecule has 0 aromatic carbocycles. The molecule has 2 atom stereocenters. The van der Waals surface area contributed by atoms with Crippen molar-refractivity contribution in [3.8, 4) is 10.7 Å². The molecule has 2 rings (SSSR count). The summed E-state index contributed by atoms with van der Waals surface area (Å²) in [5.41, 5.74) is 2.61. The third-order valence-electron chi connectivity index (χ3n) is 3.98. The average Bonchev–Trinajstić information content (AvgIpc) is 3.35. The average molecular weight is 421 g/mol. The van der Waals surface area contributed by atoms with Crippen molar-refractivity contribution in [1.29, 1.82) is 0 Å². The highest BCUT2D eigenvalue weighted by molar-refractivity contribution is 7.14. The van der Waals surface area contributed by atoms with Gasteiger partial charge in [0.15, 0.2) is 0 Å². The van der Waals surface area contributed by atoms with Crippen molar-refractivity contribution in [3.05, 3.63) is 46.0 Å². The van der Waals surface area contributed by atoms with E-state index in [1.165, 1.54) is 31.6 Å². The van der Waals surface area contributed by atoms with E-state index in [2.05, 4.69) is 21.3 Å². The number of methoxy groups -OCH3 is 3. The lowest BCUT2D eigenvalue weighted by Gasteiger charge is -2.21. The lowest BCUT2D eigenvalue weighted by Crippen LogP contribution is -2.21. The molecule has 0 aliphatic carbocycles. The maximum atomic E-state index is 11.5. The molecule has 0 saturated carbocycles. The number of carbonyl (C=O) groups excluding carboxylic acids is 1. The Bertz CT molecular complexity index is 882. The molecule has 0 aliphatic rings. The van der Waals surface area contributed by atoms with Crippen LogP contribution in [0.3, 0.4) is 0 Å². The fourth-order valence-electron chi connectivity index (χ4n) is 2.40. The molecule has 0 bridgehead atoms. The fraction of sp³-hybridized carbons (Fsp3) is 0.350. The number of rotatable bonds is 9. The monoisotopic (exact) mass is 420 g/mol. The molecule has 0 radical (unpaired) electrons. The Labute approximate surface area is 173 Å². The summed E-state index contributed by atoms with van der Waals surface area (Å²) in [6.45, 7) is 7.77. The van der Waals surface area contributed by atoms with Crippen LogP contribution in [0.25, 0.3) is 22.4 Å². The van der Waals surface area contributed by atoms with E-state index >= 15 is 0 Å². The molecule has 0 N–H and O–H groups in total. The smallest absolute Gasteiger partial charge is 0.333 e. The van der Waals surface area contributed by atoms with Gasteiger partial charge >= 0.3 is 5.97 Å². The summed E-state index contributed by atoms with van der Waals surface area (Å²) in [6.07, 6.45) is 4.82. The van der Waals surface area contributed by atoms with Crippen LogP contribution in [-0.2, 0) is 19.0 Å². The first-order valence-corrected chi connectivity index (χ1v) is 10.3. The standard InChI is InChI=1S/C20H24N2O4S2/c1-12(2)19-22-15(11-28-19)20-21-14(10-27-20)7-8-16(24-4)13(3)17(25-5)9-18(23)26-6/h7-11,13,16H,1H2,2-6H3/t13-,16+/m1/s1. The van der Waals surface area contributed by atoms with E-state index in [4.69, 9.17) is 9.47 Å². The van der Waals surface area contributed by atoms with Crippen molar-refractivity contribution in [1.82, 2.24) is 9.97 Å². The second-order valence-electron chi connectivity index (χ2n) is 6.02. The highest BCUT2D eigenvalue weighted by atomic mass is 32.1. The van der Waals surface area contributed by atoms with E-state index in [-0.39, 0.29) is 12.0 Å². The lowest BCUT2D eigenvalue weighted by molar-refractivity contribution is -0.135. The number of ether oxygens (including phenoxy) is 3. The zero-order valence-electron chi connectivity index (χ0n) is 16.6. The number of nitrogens with zero attached hydrogens (tertiary/aromatic N) is 2. The number of hydrogen-bond acceptors (Lipinski definition) is 8. The third kappa shape index (κ3) is 5.60. The van der Waals surface area contributed by atoms with Gasteiger partial charge in [-0.3, -0.25) is 0 Å². The van der Waals surface area contributed by atoms with Gasteiger partial charge in [-0.15, -0.1) is 22.7 Å². The molecule has 0 amide bonds. The van der Waals surface area contributed by atoms with Crippen molar-refractivity contribution >= 4 is 40.3 Å². The summed E-state index contributed by atoms with van der Waals surface area (Å²) < 4.78 is 15.5. The second kappa shape index (κ2) is 10.3. The van der Waals surface area contributed by atoms with Gasteiger partial charge in [0.2, 0.25) is 0 Å². The number of carbonyl (C=O) groups is 1. The Morgan fingerprint density at radius 3 is 2.50 bits per heavy atom. The quantitative estimate of drug-likeness (QED) is 0.334. The minimum absolute atomic E-state index is 0.180. The first-order valence-electron chi connectivity index (χ1n) is 8.51. The molecule has 2 aromatic heterocycles. The number of aromatic nitrogens is 2. The van der Waals surface area contributed by atoms with E-state index in [0.717, 1.165) is 27.0 Å². The fourth-order valence-corrected chi connectivity index (χ4v) is 3.97. The van der Waals surface area contributed by atoms with Crippen molar-refractivity contribution in [2.45, 2.75) is 20.0 Å². The molecule has 0 aliphatic heterocycles. The summed E-state index contributed by atoms with van der Waals surface area (Å²) in [4.78, 5) is 20.7. The van der Waals surface area contributed by atoms with Gasteiger partial charge in [-0.1, -0.05) is 19.6 Å². The Hall–Kier alpha value is -2.29. The summed E-state index contributed by atoms with van der Waals surface area (Å²) in [5, 5.41) is 5.72. The molecule has 8 heteroatoms. The van der Waals surface area contributed by atoms with Gasteiger partial charge in [0.05, 0.1) is 32.1 Å². The highest BCUT2D eigenvalue weighted by Crippen LogP contribution is 2.28. The van der Waals surface area contributed by atoms with E-state index in [1.807, 2.05) is 36.8 Å². The van der Waals surface area contributed by atoms with Crippen LogP contribution in [0, 0.1) is 5.92 Å². The predicted molar refractivity (Wildman–Crippen MR) is 114 cm³/mol. The zero-order valence-corrected chi connectivity index (χ0v) is 18.2. The summed E-state index contributed by atoms with van der Waals surface area (Å²) >= 11 is 3.09. The van der Waals surface area contributed by atoms with Crippen LogP contribution < -0.4 is 0 Å². The Kier molecular flexibility index (Phi) is 8.10. The first kappa shape index (κ1) is 22.0. The highest BCUT2D eigenvalue weighted by Gasteiger charge is 2.20. The number of esters is 1. The SMILES string of the molecule is C=C(C)c1nc(-c2nc(C=C[C@H](OC)[C@@H](C)C(=CC(=O)OC)OC)cs2)cs1. The molecule has 6 nitrogen and oxygen atoms in total. The van der Waals surface area contributed by atoms with Gasteiger partial charge in [-0.05, 0) is 18.6 Å². The van der Waals surface area contributed by atoms with Crippen molar-refractivity contribution in [2.24, 2.45) is 5.92 Å². The van der Waals surface area contributed by atoms with E-state index in [1.54, 1.807) is 18.4 Å². The normalized spacial score (nSPS) is 14.1. The third-order valence-corrected chi connectivity index (χ3v) is 5.86. The van der Waals surface area contributed by atoms with Gasteiger partial charge in [-0.25, -0.2) is 14.8 Å². The van der Waals surface area contributed by atoms with Crippen LogP contribution in [0.1, 0.15) is 24.5 Å². The maximum absolute atomic E-state index is 11.5. The maximum Gasteiger partial charge on any atom is 0.333 e. The molecule has 0 unspecified atom stereocenters. The molecular weight excluding hydrogens is 396 g/mol. The molecular formula is C20H24N2O4S2. The minimum Gasteiger partial charge on any atom is -0.500 e. The van der Waals surface area contributed by atoms with Crippen LogP contribution >= 0.6 is 22.7 Å². The van der Waals surface area contributed by atoms with Crippen LogP contribution in [0.15, 0.2) is 35.3 Å². The molecule has 0 saturated heterocycles. The summed E-state index contributed by atoms with van der Waals surface area (Å²) in [6, 6.07) is 0. The first-order chi connectivity index (χ1) is 13.4. The number of thiazole rings is 2. The number of hydrogen-bond donors (Lipinski definition) is 0. The van der Waals surface area contributed by atoms with Crippen molar-refractivity contribution in [2.75, 3.05) is 21.3 Å². The second-order valence-corrected chi connectivity index (χ2v) is 7.73. The largest absolute Gasteiger partial charge is 0.500 e. The molecule has 0 spiro atoms. The predicted octanol–water partition coefficient (Wildman–Crippen LogP) is 4.67. The summed E-state index contributed by atoms with van der Waals surface area (Å²) in [5.74, 6) is -0.165. The summed E-state index contributed by atoms with van der Waals surface area (Å²) in [7, 11) is 4.45. The molecule has 0 fully saturated rings. The van der Waals surface area contributed by atoms with Gasteiger partial charge in [0, 0.05) is 23.8 Å². The van der Waals surface area contributed by atoms with Crippen LogP contribution in [0.2, 0.25) is 0 Å². The molecule has 2 heterocycles. The number of allylic oxidation sites excluding steroid dienone is 1.